The van der Waals surface area contributed by atoms with Gasteiger partial charge in [0, 0.05) is 31.7 Å². The fourth-order valence-corrected chi connectivity index (χ4v) is 4.01. The molecule has 0 radical (unpaired) electrons. The molecule has 1 fully saturated rings. The first-order chi connectivity index (χ1) is 15.9. The van der Waals surface area contributed by atoms with E-state index in [1.165, 1.54) is 12.1 Å². The summed E-state index contributed by atoms with van der Waals surface area (Å²) < 4.78 is 24.6. The Morgan fingerprint density at radius 1 is 1.21 bits per heavy atom. The maximum atomic E-state index is 13.1. The SMILES string of the molecule is Cc1oc(-c2ccc(F)cc2)nc1CC(=O)NCC1CN(Cc2ccc(Cl)c(Cl)c2)CCO1. The third-order valence-corrected chi connectivity index (χ3v) is 6.19. The number of nitrogens with one attached hydrogen (secondary N) is 1. The number of morpholine rings is 1. The predicted octanol–water partition coefficient (Wildman–Crippen LogP) is 4.66. The highest BCUT2D eigenvalue weighted by Gasteiger charge is 2.22. The monoisotopic (exact) mass is 491 g/mol. The van der Waals surface area contributed by atoms with Gasteiger partial charge in [0.1, 0.15) is 11.6 Å². The summed E-state index contributed by atoms with van der Waals surface area (Å²) in [6.45, 7) is 4.97. The van der Waals surface area contributed by atoms with E-state index in [1.807, 2.05) is 12.1 Å². The second kappa shape index (κ2) is 10.7. The topological polar surface area (TPSA) is 67.6 Å². The molecule has 9 heteroatoms. The van der Waals surface area contributed by atoms with Crippen molar-refractivity contribution in [3.63, 3.8) is 0 Å². The van der Waals surface area contributed by atoms with Crippen molar-refractivity contribution in [3.05, 3.63) is 75.3 Å². The molecule has 174 valence electrons. The van der Waals surface area contributed by atoms with Gasteiger partial charge < -0.3 is 14.5 Å². The number of carbonyl (C=O) groups is 1. The van der Waals surface area contributed by atoms with Gasteiger partial charge >= 0.3 is 0 Å². The first-order valence-corrected chi connectivity index (χ1v) is 11.4. The van der Waals surface area contributed by atoms with Crippen LogP contribution in [0.4, 0.5) is 4.39 Å². The van der Waals surface area contributed by atoms with Gasteiger partial charge in [-0.3, -0.25) is 9.69 Å². The molecule has 1 aliphatic rings. The Kier molecular flexibility index (Phi) is 7.65. The van der Waals surface area contributed by atoms with Crippen molar-refractivity contribution in [1.82, 2.24) is 15.2 Å². The lowest BCUT2D eigenvalue weighted by atomic mass is 10.2. The van der Waals surface area contributed by atoms with Crippen molar-refractivity contribution in [2.24, 2.45) is 0 Å². The van der Waals surface area contributed by atoms with Crippen molar-refractivity contribution in [3.8, 4) is 11.5 Å². The predicted molar refractivity (Wildman–Crippen MR) is 125 cm³/mol. The summed E-state index contributed by atoms with van der Waals surface area (Å²) in [6, 6.07) is 11.5. The summed E-state index contributed by atoms with van der Waals surface area (Å²) in [5.41, 5.74) is 2.29. The maximum absolute atomic E-state index is 13.1. The molecule has 2 heterocycles. The Hall–Kier alpha value is -2.45. The summed E-state index contributed by atoms with van der Waals surface area (Å²) in [7, 11) is 0. The van der Waals surface area contributed by atoms with E-state index in [0.717, 1.165) is 18.7 Å². The van der Waals surface area contributed by atoms with Crippen LogP contribution in [0.3, 0.4) is 0 Å². The number of carbonyl (C=O) groups excluding carboxylic acids is 1. The van der Waals surface area contributed by atoms with Crippen molar-refractivity contribution in [2.75, 3.05) is 26.2 Å². The van der Waals surface area contributed by atoms with Crippen LogP contribution in [0.5, 0.6) is 0 Å². The van der Waals surface area contributed by atoms with Crippen LogP contribution < -0.4 is 5.32 Å². The quantitative estimate of drug-likeness (QED) is 0.520. The van der Waals surface area contributed by atoms with Crippen molar-refractivity contribution < 1.29 is 18.3 Å². The second-order valence-corrected chi connectivity index (χ2v) is 8.80. The van der Waals surface area contributed by atoms with Gasteiger partial charge in [0.2, 0.25) is 11.8 Å². The summed E-state index contributed by atoms with van der Waals surface area (Å²) in [5.74, 6) is 0.430. The van der Waals surface area contributed by atoms with Gasteiger partial charge in [-0.25, -0.2) is 9.37 Å². The molecule has 4 rings (SSSR count). The normalized spacial score (nSPS) is 16.7. The number of ether oxygens (including phenoxy) is 1. The summed E-state index contributed by atoms with van der Waals surface area (Å²) >= 11 is 12.1. The summed E-state index contributed by atoms with van der Waals surface area (Å²) in [4.78, 5) is 19.2. The lowest BCUT2D eigenvalue weighted by Crippen LogP contribution is -2.47. The Morgan fingerprint density at radius 2 is 2.00 bits per heavy atom. The van der Waals surface area contributed by atoms with Gasteiger partial charge in [-0.05, 0) is 48.9 Å². The van der Waals surface area contributed by atoms with Crippen LogP contribution >= 0.6 is 23.2 Å². The Labute approximate surface area is 201 Å². The highest BCUT2D eigenvalue weighted by atomic mass is 35.5. The number of hydrogen-bond acceptors (Lipinski definition) is 5. The van der Waals surface area contributed by atoms with Crippen LogP contribution in [0.1, 0.15) is 17.0 Å². The number of rotatable bonds is 7. The smallest absolute Gasteiger partial charge is 0.226 e. The van der Waals surface area contributed by atoms with Crippen molar-refractivity contribution >= 4 is 29.1 Å². The lowest BCUT2D eigenvalue weighted by Gasteiger charge is -2.33. The molecule has 0 bridgehead atoms. The zero-order valence-electron chi connectivity index (χ0n) is 18.1. The molecule has 1 unspecified atom stereocenters. The summed E-state index contributed by atoms with van der Waals surface area (Å²) in [5, 5.41) is 4.00. The largest absolute Gasteiger partial charge is 0.441 e. The second-order valence-electron chi connectivity index (χ2n) is 7.99. The number of aryl methyl sites for hydroxylation is 1. The van der Waals surface area contributed by atoms with E-state index in [9.17, 15) is 9.18 Å². The third-order valence-electron chi connectivity index (χ3n) is 5.45. The van der Waals surface area contributed by atoms with Crippen LogP contribution in [-0.4, -0.2) is 48.1 Å². The molecule has 1 amide bonds. The highest BCUT2D eigenvalue weighted by Crippen LogP contribution is 2.24. The molecule has 0 saturated carbocycles. The van der Waals surface area contributed by atoms with Crippen LogP contribution in [0.15, 0.2) is 46.9 Å². The zero-order chi connectivity index (χ0) is 23.4. The van der Waals surface area contributed by atoms with Crippen LogP contribution in [0, 0.1) is 12.7 Å². The molecular formula is C24H24Cl2FN3O3. The average molecular weight is 492 g/mol. The molecule has 0 spiro atoms. The number of oxazole rings is 1. The number of aromatic nitrogens is 1. The molecule has 33 heavy (non-hydrogen) atoms. The number of hydrogen-bond donors (Lipinski definition) is 1. The molecule has 1 aliphatic heterocycles. The first kappa shape index (κ1) is 23.7. The number of amides is 1. The number of nitrogens with zero attached hydrogens (tertiary/aromatic N) is 2. The zero-order valence-corrected chi connectivity index (χ0v) is 19.6. The Bertz CT molecular complexity index is 1120. The standard InChI is InChI=1S/C24H24Cl2FN3O3/c1-15-22(29-24(33-15)17-3-5-18(27)6-4-17)11-23(31)28-12-19-14-30(8-9-32-19)13-16-2-7-20(25)21(26)10-16/h2-7,10,19H,8-9,11-14H2,1H3,(H,28,31). The molecule has 0 aliphatic carbocycles. The lowest BCUT2D eigenvalue weighted by molar-refractivity contribution is -0.121. The van der Waals surface area contributed by atoms with E-state index >= 15 is 0 Å². The van der Waals surface area contributed by atoms with E-state index in [1.54, 1.807) is 25.1 Å². The molecule has 1 saturated heterocycles. The van der Waals surface area contributed by atoms with Gasteiger partial charge in [0.05, 0.1) is 34.9 Å². The fourth-order valence-electron chi connectivity index (χ4n) is 3.69. The minimum atomic E-state index is -0.331. The Morgan fingerprint density at radius 3 is 2.76 bits per heavy atom. The van der Waals surface area contributed by atoms with Gasteiger partial charge in [0.25, 0.3) is 0 Å². The molecule has 2 aromatic carbocycles. The van der Waals surface area contributed by atoms with Gasteiger partial charge in [-0.1, -0.05) is 29.3 Å². The van der Waals surface area contributed by atoms with Crippen molar-refractivity contribution in [2.45, 2.75) is 26.0 Å². The molecule has 3 aromatic rings. The van der Waals surface area contributed by atoms with E-state index < -0.39 is 0 Å². The maximum Gasteiger partial charge on any atom is 0.226 e. The first-order valence-electron chi connectivity index (χ1n) is 10.6. The van der Waals surface area contributed by atoms with Crippen LogP contribution in [0.2, 0.25) is 10.0 Å². The van der Waals surface area contributed by atoms with E-state index in [-0.39, 0.29) is 24.2 Å². The molecule has 1 N–H and O–H groups in total. The molecule has 1 atom stereocenters. The van der Waals surface area contributed by atoms with Gasteiger partial charge in [0.15, 0.2) is 0 Å². The highest BCUT2D eigenvalue weighted by molar-refractivity contribution is 6.42. The van der Waals surface area contributed by atoms with Crippen LogP contribution in [-0.2, 0) is 22.5 Å². The Balaban J connectivity index is 1.28. The van der Waals surface area contributed by atoms with Gasteiger partial charge in [-0.15, -0.1) is 0 Å². The number of halogens is 3. The van der Waals surface area contributed by atoms with E-state index in [4.69, 9.17) is 32.4 Å². The minimum Gasteiger partial charge on any atom is -0.441 e. The van der Waals surface area contributed by atoms with Crippen LogP contribution in [0.25, 0.3) is 11.5 Å². The van der Waals surface area contributed by atoms with E-state index in [2.05, 4.69) is 15.2 Å². The third kappa shape index (κ3) is 6.32. The molecule has 1 aromatic heterocycles. The molecule has 6 nitrogen and oxygen atoms in total. The minimum absolute atomic E-state index is 0.0935. The number of benzene rings is 2. The van der Waals surface area contributed by atoms with Gasteiger partial charge in [-0.2, -0.15) is 0 Å². The molecular weight excluding hydrogens is 468 g/mol. The average Bonchev–Trinajstić information content (AvgIpc) is 3.15. The fraction of sp³-hybridized carbons (Fsp3) is 0.333. The summed E-state index contributed by atoms with van der Waals surface area (Å²) in [6.07, 6.45) is -0.0189. The van der Waals surface area contributed by atoms with E-state index in [0.29, 0.717) is 52.7 Å². The van der Waals surface area contributed by atoms with Crippen molar-refractivity contribution in [1.29, 1.82) is 0 Å².